The monoisotopic (exact) mass is 432 g/mol. The molecule has 0 amide bonds. The summed E-state index contributed by atoms with van der Waals surface area (Å²) in [6.07, 6.45) is 18.1. The first-order chi connectivity index (χ1) is 13.9. The highest BCUT2D eigenvalue weighted by atomic mass is 31.2. The summed E-state index contributed by atoms with van der Waals surface area (Å²) < 4.78 is 21.2. The SMILES string of the molecule is CCCCCCCC/C=C\CCCCCCCC(=O)O[C@@H]1COP(=O)(O)C[C@@H]1O. The van der Waals surface area contributed by atoms with Crippen LogP contribution in [0.1, 0.15) is 96.8 Å². The molecule has 29 heavy (non-hydrogen) atoms. The molecule has 0 aromatic rings. The molecule has 0 radical (unpaired) electrons. The van der Waals surface area contributed by atoms with Gasteiger partial charge >= 0.3 is 13.6 Å². The Morgan fingerprint density at radius 2 is 1.55 bits per heavy atom. The number of esters is 1. The van der Waals surface area contributed by atoms with Crippen LogP contribution in [0.15, 0.2) is 12.2 Å². The number of carbonyl (C=O) groups is 1. The molecule has 0 aromatic heterocycles. The Balaban J connectivity index is 1.90. The van der Waals surface area contributed by atoms with E-state index in [9.17, 15) is 19.4 Å². The first kappa shape index (κ1) is 26.4. The van der Waals surface area contributed by atoms with Crippen molar-refractivity contribution < 1.29 is 28.6 Å². The van der Waals surface area contributed by atoms with Crippen LogP contribution in [0.2, 0.25) is 0 Å². The van der Waals surface area contributed by atoms with Crippen molar-refractivity contribution in [1.82, 2.24) is 0 Å². The van der Waals surface area contributed by atoms with Gasteiger partial charge < -0.3 is 19.3 Å². The summed E-state index contributed by atoms with van der Waals surface area (Å²) in [5, 5.41) is 9.76. The van der Waals surface area contributed by atoms with Crippen molar-refractivity contribution in [3.8, 4) is 0 Å². The fourth-order valence-electron chi connectivity index (χ4n) is 3.39. The molecular formula is C22H41O6P. The number of carbonyl (C=O) groups excluding carboxylic acids is 1. The third-order valence-corrected chi connectivity index (χ3v) is 6.60. The molecule has 0 saturated carbocycles. The molecule has 1 rings (SSSR count). The molecule has 2 N–H and O–H groups in total. The van der Waals surface area contributed by atoms with E-state index in [1.165, 1.54) is 51.4 Å². The Morgan fingerprint density at radius 3 is 2.14 bits per heavy atom. The Bertz CT molecular complexity index is 508. The van der Waals surface area contributed by atoms with Gasteiger partial charge in [0.1, 0.15) is 6.10 Å². The zero-order valence-corrected chi connectivity index (χ0v) is 19.0. The second-order valence-corrected chi connectivity index (χ2v) is 9.94. The lowest BCUT2D eigenvalue weighted by Gasteiger charge is -2.29. The summed E-state index contributed by atoms with van der Waals surface area (Å²) in [5.74, 6) is -0.384. The highest BCUT2D eigenvalue weighted by molar-refractivity contribution is 7.52. The van der Waals surface area contributed by atoms with E-state index in [1.807, 2.05) is 0 Å². The van der Waals surface area contributed by atoms with Gasteiger partial charge in [-0.2, -0.15) is 0 Å². The number of rotatable bonds is 16. The van der Waals surface area contributed by atoms with Gasteiger partial charge in [-0.05, 0) is 32.1 Å². The minimum Gasteiger partial charge on any atom is -0.457 e. The highest BCUT2D eigenvalue weighted by Crippen LogP contribution is 2.46. The minimum atomic E-state index is -3.72. The average Bonchev–Trinajstić information content (AvgIpc) is 2.67. The highest BCUT2D eigenvalue weighted by Gasteiger charge is 2.38. The maximum absolute atomic E-state index is 11.8. The van der Waals surface area contributed by atoms with Crippen molar-refractivity contribution >= 4 is 13.6 Å². The molecule has 0 bridgehead atoms. The maximum atomic E-state index is 11.8. The summed E-state index contributed by atoms with van der Waals surface area (Å²) in [6.45, 7) is 2.02. The lowest BCUT2D eigenvalue weighted by Crippen LogP contribution is -2.41. The molecule has 3 atom stereocenters. The third-order valence-electron chi connectivity index (χ3n) is 5.21. The molecular weight excluding hydrogens is 391 g/mol. The molecule has 1 aliphatic rings. The number of allylic oxidation sites excluding steroid dienone is 2. The summed E-state index contributed by atoms with van der Waals surface area (Å²) in [4.78, 5) is 21.1. The molecule has 0 spiro atoms. The smallest absolute Gasteiger partial charge is 0.331 e. The van der Waals surface area contributed by atoms with Gasteiger partial charge in [0.2, 0.25) is 0 Å². The predicted molar refractivity (Wildman–Crippen MR) is 116 cm³/mol. The van der Waals surface area contributed by atoms with Gasteiger partial charge in [-0.3, -0.25) is 9.36 Å². The van der Waals surface area contributed by atoms with Gasteiger partial charge in [0.25, 0.3) is 0 Å². The standard InChI is InChI=1S/C22H41O6P/c1-2-3-4-5-6-7-8-9-10-11-12-13-14-15-16-17-22(24)28-21-18-27-29(25,26)19-20(21)23/h9-10,20-21,23H,2-8,11-19H2,1H3,(H,25,26)/b10-9-/t20-,21+/m0/s1. The summed E-state index contributed by atoms with van der Waals surface area (Å²) >= 11 is 0. The molecule has 1 saturated heterocycles. The van der Waals surface area contributed by atoms with Crippen LogP contribution in [0.25, 0.3) is 0 Å². The van der Waals surface area contributed by atoms with Gasteiger partial charge in [0, 0.05) is 6.42 Å². The summed E-state index contributed by atoms with van der Waals surface area (Å²) in [7, 11) is -3.72. The lowest BCUT2D eigenvalue weighted by molar-refractivity contribution is -0.158. The van der Waals surface area contributed by atoms with Gasteiger partial charge in [-0.15, -0.1) is 0 Å². The van der Waals surface area contributed by atoms with Crippen LogP contribution in [-0.4, -0.2) is 40.9 Å². The van der Waals surface area contributed by atoms with Crippen LogP contribution in [0, 0.1) is 0 Å². The Labute approximate surface area is 176 Å². The largest absolute Gasteiger partial charge is 0.457 e. The van der Waals surface area contributed by atoms with Crippen molar-refractivity contribution in [3.63, 3.8) is 0 Å². The number of hydrogen-bond acceptors (Lipinski definition) is 5. The van der Waals surface area contributed by atoms with Gasteiger partial charge in [0.05, 0.1) is 12.8 Å². The molecule has 1 unspecified atom stereocenters. The molecule has 6 nitrogen and oxygen atoms in total. The summed E-state index contributed by atoms with van der Waals surface area (Å²) in [6, 6.07) is 0. The van der Waals surface area contributed by atoms with Crippen molar-refractivity contribution in [2.24, 2.45) is 0 Å². The fraction of sp³-hybridized carbons (Fsp3) is 0.864. The number of hydrogen-bond donors (Lipinski definition) is 2. The predicted octanol–water partition coefficient (Wildman–Crippen LogP) is 5.51. The molecule has 1 heterocycles. The molecule has 1 aliphatic heterocycles. The molecule has 170 valence electrons. The van der Waals surface area contributed by atoms with Crippen molar-refractivity contribution in [3.05, 3.63) is 12.2 Å². The Morgan fingerprint density at radius 1 is 1.00 bits per heavy atom. The van der Waals surface area contributed by atoms with E-state index in [-0.39, 0.29) is 12.6 Å². The van der Waals surface area contributed by atoms with E-state index in [0.717, 1.165) is 32.1 Å². The number of ether oxygens (including phenoxy) is 1. The molecule has 7 heteroatoms. The Kier molecular flexibility index (Phi) is 14.6. The normalized spacial score (nSPS) is 24.8. The molecule has 1 fully saturated rings. The topological polar surface area (TPSA) is 93.1 Å². The first-order valence-corrected chi connectivity index (χ1v) is 13.2. The lowest BCUT2D eigenvalue weighted by atomic mass is 10.1. The van der Waals surface area contributed by atoms with E-state index in [0.29, 0.717) is 6.42 Å². The van der Waals surface area contributed by atoms with Crippen LogP contribution in [0.5, 0.6) is 0 Å². The van der Waals surface area contributed by atoms with Crippen molar-refractivity contribution in [2.45, 2.75) is 109 Å². The van der Waals surface area contributed by atoms with Crippen LogP contribution in [0.4, 0.5) is 0 Å². The number of unbranched alkanes of at least 4 members (excludes halogenated alkanes) is 11. The van der Waals surface area contributed by atoms with Crippen LogP contribution >= 0.6 is 7.60 Å². The Hall–Kier alpha value is -0.680. The average molecular weight is 433 g/mol. The van der Waals surface area contributed by atoms with E-state index < -0.39 is 26.0 Å². The van der Waals surface area contributed by atoms with Crippen LogP contribution in [-0.2, 0) is 18.6 Å². The maximum Gasteiger partial charge on any atom is 0.331 e. The zero-order valence-electron chi connectivity index (χ0n) is 18.1. The second kappa shape index (κ2) is 16.1. The van der Waals surface area contributed by atoms with Gasteiger partial charge in [0.15, 0.2) is 6.10 Å². The van der Waals surface area contributed by atoms with Crippen molar-refractivity contribution in [1.29, 1.82) is 0 Å². The quantitative estimate of drug-likeness (QED) is 0.145. The first-order valence-electron chi connectivity index (χ1n) is 11.4. The van der Waals surface area contributed by atoms with Crippen LogP contribution in [0.3, 0.4) is 0 Å². The third kappa shape index (κ3) is 14.0. The number of aliphatic hydroxyl groups is 1. The van der Waals surface area contributed by atoms with E-state index in [2.05, 4.69) is 19.1 Å². The van der Waals surface area contributed by atoms with E-state index >= 15 is 0 Å². The van der Waals surface area contributed by atoms with E-state index in [1.54, 1.807) is 0 Å². The van der Waals surface area contributed by atoms with Crippen molar-refractivity contribution in [2.75, 3.05) is 12.8 Å². The zero-order chi connectivity index (χ0) is 21.4. The molecule has 0 aliphatic carbocycles. The second-order valence-electron chi connectivity index (χ2n) is 8.05. The van der Waals surface area contributed by atoms with Crippen LogP contribution < -0.4 is 0 Å². The van der Waals surface area contributed by atoms with Gasteiger partial charge in [-0.25, -0.2) is 0 Å². The minimum absolute atomic E-state index is 0.229. The summed E-state index contributed by atoms with van der Waals surface area (Å²) in [5.41, 5.74) is 0. The van der Waals surface area contributed by atoms with Gasteiger partial charge in [-0.1, -0.05) is 70.4 Å². The van der Waals surface area contributed by atoms with E-state index in [4.69, 9.17) is 9.26 Å². The number of aliphatic hydroxyl groups excluding tert-OH is 1. The molecule has 0 aromatic carbocycles. The fourth-order valence-corrected chi connectivity index (χ4v) is 4.58.